The van der Waals surface area contributed by atoms with E-state index >= 15 is 0 Å². The minimum absolute atomic E-state index is 0.155. The Balaban J connectivity index is 2.72. The van der Waals surface area contributed by atoms with Gasteiger partial charge in [0.05, 0.1) is 5.75 Å². The van der Waals surface area contributed by atoms with Crippen molar-refractivity contribution in [1.29, 1.82) is 0 Å². The quantitative estimate of drug-likeness (QED) is 0.670. The molecule has 1 atom stereocenters. The molecule has 1 aliphatic heterocycles. The first-order chi connectivity index (χ1) is 6.98. The predicted molar refractivity (Wildman–Crippen MR) is 52.1 cm³/mol. The van der Waals surface area contributed by atoms with E-state index < -0.39 is 21.3 Å². The number of benzene rings is 1. The first kappa shape index (κ1) is 10.4. The van der Waals surface area contributed by atoms with Gasteiger partial charge in [-0.15, -0.1) is 8.80 Å². The lowest BCUT2D eigenvalue weighted by Gasteiger charge is -1.94. The van der Waals surface area contributed by atoms with Gasteiger partial charge in [-0.1, -0.05) is 12.1 Å². The van der Waals surface area contributed by atoms with Crippen molar-refractivity contribution in [2.24, 2.45) is 8.80 Å². The van der Waals surface area contributed by atoms with Crippen LogP contribution in [0.3, 0.4) is 0 Å². The van der Waals surface area contributed by atoms with Crippen LogP contribution in [0.4, 0.5) is 0 Å². The van der Waals surface area contributed by atoms with Gasteiger partial charge in [0, 0.05) is 0 Å². The standard InChI is InChI=1S/C7H6N2O4S2/c10-14(11)4-5-2-1-3-6-7(5)9-15(12,13)8-6/h1-3H,4H2,(H,10,11). The zero-order valence-electron chi connectivity index (χ0n) is 7.32. The third kappa shape index (κ3) is 2.11. The highest BCUT2D eigenvalue weighted by Gasteiger charge is 2.14. The van der Waals surface area contributed by atoms with E-state index in [1.165, 1.54) is 6.07 Å². The molecule has 0 aliphatic carbocycles. The van der Waals surface area contributed by atoms with E-state index in [2.05, 4.69) is 8.80 Å². The fourth-order valence-corrected chi connectivity index (χ4v) is 2.64. The Hall–Kier alpha value is -1.12. The second-order valence-electron chi connectivity index (χ2n) is 2.88. The summed E-state index contributed by atoms with van der Waals surface area (Å²) in [6, 6.07) is 4.61. The van der Waals surface area contributed by atoms with E-state index in [-0.39, 0.29) is 16.5 Å². The van der Waals surface area contributed by atoms with E-state index in [9.17, 15) is 12.6 Å². The summed E-state index contributed by atoms with van der Waals surface area (Å²) >= 11 is -2.03. The molecular weight excluding hydrogens is 240 g/mol. The average molecular weight is 246 g/mol. The Morgan fingerprint density at radius 1 is 1.33 bits per heavy atom. The molecule has 1 aromatic rings. The zero-order chi connectivity index (χ0) is 11.1. The summed E-state index contributed by atoms with van der Waals surface area (Å²) in [4.78, 5) is 0. The summed E-state index contributed by atoms with van der Waals surface area (Å²) in [5.41, 5.74) is 0.401. The van der Waals surface area contributed by atoms with Gasteiger partial charge in [-0.25, -0.2) is 4.21 Å². The van der Waals surface area contributed by atoms with Crippen molar-refractivity contribution in [1.82, 2.24) is 0 Å². The van der Waals surface area contributed by atoms with Crippen LogP contribution in [0.25, 0.3) is 0 Å². The van der Waals surface area contributed by atoms with Gasteiger partial charge in [-0.05, 0) is 11.6 Å². The Labute approximate surface area is 87.9 Å². The topological polar surface area (TPSA) is 96.2 Å². The number of hydrogen-bond acceptors (Lipinski definition) is 3. The predicted octanol–water partition coefficient (Wildman–Crippen LogP) is -1.09. The molecule has 15 heavy (non-hydrogen) atoms. The zero-order valence-corrected chi connectivity index (χ0v) is 8.96. The SMILES string of the molecule is O=S(O)Cc1cccc2c1=NS(=O)(=O)N=2. The van der Waals surface area contributed by atoms with Crippen LogP contribution in [0, 0.1) is 0 Å². The second-order valence-corrected chi connectivity index (χ2v) is 5.07. The van der Waals surface area contributed by atoms with Crippen LogP contribution in [-0.4, -0.2) is 17.2 Å². The van der Waals surface area contributed by atoms with E-state index in [1.807, 2.05) is 0 Å². The molecule has 0 amide bonds. The highest BCUT2D eigenvalue weighted by Crippen LogP contribution is 2.00. The van der Waals surface area contributed by atoms with Gasteiger partial charge in [-0.3, -0.25) is 0 Å². The van der Waals surface area contributed by atoms with Crippen molar-refractivity contribution >= 4 is 21.3 Å². The minimum Gasteiger partial charge on any atom is -0.306 e. The summed E-state index contributed by atoms with van der Waals surface area (Å²) in [7, 11) is -3.79. The van der Waals surface area contributed by atoms with E-state index in [0.717, 1.165) is 0 Å². The van der Waals surface area contributed by atoms with Gasteiger partial charge < -0.3 is 4.55 Å². The van der Waals surface area contributed by atoms with Gasteiger partial charge in [0.2, 0.25) is 0 Å². The maximum atomic E-state index is 11.1. The lowest BCUT2D eigenvalue weighted by atomic mass is 10.2. The second kappa shape index (κ2) is 3.47. The van der Waals surface area contributed by atoms with Crippen molar-refractivity contribution in [3.05, 3.63) is 34.5 Å². The van der Waals surface area contributed by atoms with Crippen LogP contribution < -0.4 is 10.7 Å². The number of nitrogens with zero attached hydrogens (tertiary/aromatic N) is 2. The average Bonchev–Trinajstić information content (AvgIpc) is 2.39. The molecule has 80 valence electrons. The Morgan fingerprint density at radius 2 is 2.07 bits per heavy atom. The molecule has 0 spiro atoms. The Morgan fingerprint density at radius 3 is 2.73 bits per heavy atom. The smallest absolute Gasteiger partial charge is 0.306 e. The molecule has 1 aliphatic rings. The van der Waals surface area contributed by atoms with Gasteiger partial charge in [0.25, 0.3) is 0 Å². The fourth-order valence-electron chi connectivity index (χ4n) is 1.27. The molecule has 1 N–H and O–H groups in total. The monoisotopic (exact) mass is 246 g/mol. The summed E-state index contributed by atoms with van der Waals surface area (Å²) in [5, 5.41) is 0.387. The maximum Gasteiger partial charge on any atom is 0.364 e. The fraction of sp³-hybridized carbons (Fsp3) is 0.143. The van der Waals surface area contributed by atoms with E-state index in [0.29, 0.717) is 5.56 Å². The summed E-state index contributed by atoms with van der Waals surface area (Å²) < 4.78 is 48.2. The first-order valence-corrected chi connectivity index (χ1v) is 6.55. The number of fused-ring (bicyclic) bond motifs is 1. The molecule has 6 nitrogen and oxygen atoms in total. The molecule has 1 heterocycles. The molecule has 0 radical (unpaired) electrons. The molecule has 8 heteroatoms. The third-order valence-electron chi connectivity index (χ3n) is 1.80. The molecule has 0 aromatic heterocycles. The normalized spacial score (nSPS) is 18.7. The van der Waals surface area contributed by atoms with Crippen LogP contribution >= 0.6 is 0 Å². The summed E-state index contributed by atoms with van der Waals surface area (Å²) in [6.07, 6.45) is 0. The van der Waals surface area contributed by atoms with Crippen molar-refractivity contribution in [2.45, 2.75) is 5.75 Å². The highest BCUT2D eigenvalue weighted by molar-refractivity contribution is 7.88. The molecule has 0 fully saturated rings. The van der Waals surface area contributed by atoms with Crippen molar-refractivity contribution in [3.8, 4) is 0 Å². The molecule has 0 saturated heterocycles. The molecule has 2 rings (SSSR count). The molecule has 0 saturated carbocycles. The van der Waals surface area contributed by atoms with Crippen molar-refractivity contribution in [3.63, 3.8) is 0 Å². The van der Waals surface area contributed by atoms with Crippen LogP contribution in [0.1, 0.15) is 5.56 Å². The van der Waals surface area contributed by atoms with E-state index in [4.69, 9.17) is 4.55 Å². The number of rotatable bonds is 2. The molecule has 0 bridgehead atoms. The van der Waals surface area contributed by atoms with Crippen LogP contribution in [0.2, 0.25) is 0 Å². The van der Waals surface area contributed by atoms with E-state index in [1.54, 1.807) is 12.1 Å². The van der Waals surface area contributed by atoms with Gasteiger partial charge >= 0.3 is 10.2 Å². The number of hydrogen-bond donors (Lipinski definition) is 1. The Kier molecular flexibility index (Phi) is 2.41. The maximum absolute atomic E-state index is 11.1. The largest absolute Gasteiger partial charge is 0.364 e. The molecular formula is C7H6N2O4S2. The van der Waals surface area contributed by atoms with Crippen molar-refractivity contribution in [2.75, 3.05) is 0 Å². The molecule has 1 unspecified atom stereocenters. The summed E-state index contributed by atoms with van der Waals surface area (Å²) in [5.74, 6) is -0.155. The van der Waals surface area contributed by atoms with Gasteiger partial charge in [0.1, 0.15) is 10.7 Å². The van der Waals surface area contributed by atoms with Gasteiger partial charge in [-0.2, -0.15) is 8.42 Å². The van der Waals surface area contributed by atoms with Crippen LogP contribution in [0.5, 0.6) is 0 Å². The minimum atomic E-state index is -3.79. The Bertz CT molecular complexity index is 650. The highest BCUT2D eigenvalue weighted by atomic mass is 32.2. The first-order valence-electron chi connectivity index (χ1n) is 3.88. The summed E-state index contributed by atoms with van der Waals surface area (Å²) in [6.45, 7) is 0. The van der Waals surface area contributed by atoms with Crippen molar-refractivity contribution < 1.29 is 17.2 Å². The molecule has 1 aromatic carbocycles. The lowest BCUT2D eigenvalue weighted by Crippen LogP contribution is -2.26. The lowest BCUT2D eigenvalue weighted by molar-refractivity contribution is 0.563. The van der Waals surface area contributed by atoms with Crippen LogP contribution in [0.15, 0.2) is 27.0 Å². The van der Waals surface area contributed by atoms with Gasteiger partial charge in [0.15, 0.2) is 11.1 Å². The third-order valence-corrected chi connectivity index (χ3v) is 3.20. The van der Waals surface area contributed by atoms with Crippen LogP contribution in [-0.2, 0) is 27.0 Å².